The Morgan fingerprint density at radius 1 is 1.26 bits per heavy atom. The fraction of sp³-hybridized carbons (Fsp3) is 0.143. The van der Waals surface area contributed by atoms with Gasteiger partial charge in [-0.05, 0) is 42.3 Å². The Labute approximate surface area is 168 Å². The van der Waals surface area contributed by atoms with Gasteiger partial charge in [0, 0.05) is 0 Å². The Balaban J connectivity index is 1.90. The zero-order valence-corrected chi connectivity index (χ0v) is 16.5. The number of terminal acetylenes is 1. The molecule has 0 atom stereocenters. The average Bonchev–Trinajstić information content (AvgIpc) is 2.94. The monoisotopic (exact) mass is 395 g/mol. The molecule has 2 aromatic carbocycles. The normalized spacial score (nSPS) is 15.1. The first-order valence-electron chi connectivity index (χ1n) is 8.13. The van der Waals surface area contributed by atoms with Crippen molar-refractivity contribution >= 4 is 46.0 Å². The number of rotatable bonds is 5. The minimum atomic E-state index is -0.133. The summed E-state index contributed by atoms with van der Waals surface area (Å²) in [6, 6.07) is 13.1. The second-order valence-electron chi connectivity index (χ2n) is 5.71. The van der Waals surface area contributed by atoms with Crippen LogP contribution in [0.2, 0.25) is 0 Å². The van der Waals surface area contributed by atoms with Crippen LogP contribution in [0.25, 0.3) is 6.08 Å². The maximum Gasteiger partial charge on any atom is 0.270 e. The highest BCUT2D eigenvalue weighted by atomic mass is 32.2. The number of hydrogen-bond donors (Lipinski definition) is 0. The number of methoxy groups -OCH3 is 1. The van der Waals surface area contributed by atoms with E-state index < -0.39 is 0 Å². The summed E-state index contributed by atoms with van der Waals surface area (Å²) in [5.41, 5.74) is 2.61. The van der Waals surface area contributed by atoms with E-state index in [1.807, 2.05) is 37.3 Å². The number of ether oxygens (including phenoxy) is 2. The number of carbonyl (C=O) groups is 1. The Kier molecular flexibility index (Phi) is 5.84. The molecule has 0 saturated carbocycles. The van der Waals surface area contributed by atoms with Crippen LogP contribution in [-0.4, -0.2) is 23.9 Å². The number of para-hydroxylation sites is 1. The molecular formula is C21H17NO3S2. The standard InChI is InChI=1S/C21H17NO3S2/c1-4-11-25-17-10-9-15(12-18(17)24-3)13-19-20(23)22(21(26)27-19)16-8-6-5-7-14(16)2/h1,5-10,12-13H,11H2,2-3H3/b19-13-. The Morgan fingerprint density at radius 3 is 2.74 bits per heavy atom. The van der Waals surface area contributed by atoms with Gasteiger partial charge in [0.15, 0.2) is 15.8 Å². The Morgan fingerprint density at radius 2 is 2.04 bits per heavy atom. The molecule has 0 aromatic heterocycles. The van der Waals surface area contributed by atoms with Crippen molar-refractivity contribution in [1.29, 1.82) is 0 Å². The molecule has 1 saturated heterocycles. The smallest absolute Gasteiger partial charge is 0.270 e. The minimum Gasteiger partial charge on any atom is -0.493 e. The third-order valence-corrected chi connectivity index (χ3v) is 5.25. The van der Waals surface area contributed by atoms with Gasteiger partial charge in [-0.25, -0.2) is 0 Å². The predicted octanol–water partition coefficient (Wildman–Crippen LogP) is 4.42. The quantitative estimate of drug-likeness (QED) is 0.426. The molecule has 3 rings (SSSR count). The van der Waals surface area contributed by atoms with E-state index >= 15 is 0 Å². The summed E-state index contributed by atoms with van der Waals surface area (Å²) in [6.45, 7) is 2.11. The van der Waals surface area contributed by atoms with Crippen molar-refractivity contribution in [3.8, 4) is 23.8 Å². The van der Waals surface area contributed by atoms with E-state index in [1.165, 1.54) is 11.8 Å². The molecule has 0 radical (unpaired) electrons. The van der Waals surface area contributed by atoms with Crippen molar-refractivity contribution in [2.75, 3.05) is 18.6 Å². The van der Waals surface area contributed by atoms with E-state index in [0.29, 0.717) is 20.7 Å². The highest BCUT2D eigenvalue weighted by Gasteiger charge is 2.33. The highest BCUT2D eigenvalue weighted by molar-refractivity contribution is 8.27. The first-order chi connectivity index (χ1) is 13.0. The topological polar surface area (TPSA) is 38.8 Å². The lowest BCUT2D eigenvalue weighted by atomic mass is 10.1. The van der Waals surface area contributed by atoms with Gasteiger partial charge in [0.25, 0.3) is 5.91 Å². The van der Waals surface area contributed by atoms with Gasteiger partial charge in [0.1, 0.15) is 6.61 Å². The number of thiocarbonyl (C=S) groups is 1. The second-order valence-corrected chi connectivity index (χ2v) is 7.38. The van der Waals surface area contributed by atoms with E-state index in [1.54, 1.807) is 30.2 Å². The third kappa shape index (κ3) is 4.00. The Hall–Kier alpha value is -2.75. The number of amides is 1. The average molecular weight is 396 g/mol. The van der Waals surface area contributed by atoms with Crippen LogP contribution in [0.4, 0.5) is 5.69 Å². The zero-order chi connectivity index (χ0) is 19.4. The lowest BCUT2D eigenvalue weighted by molar-refractivity contribution is -0.113. The number of carbonyl (C=O) groups excluding carboxylic acids is 1. The highest BCUT2D eigenvalue weighted by Crippen LogP contribution is 2.38. The van der Waals surface area contributed by atoms with Gasteiger partial charge in [0.2, 0.25) is 0 Å². The molecule has 27 heavy (non-hydrogen) atoms. The van der Waals surface area contributed by atoms with Crippen LogP contribution in [0.15, 0.2) is 47.4 Å². The summed E-state index contributed by atoms with van der Waals surface area (Å²) in [4.78, 5) is 15.0. The molecule has 1 aliphatic rings. The van der Waals surface area contributed by atoms with Crippen LogP contribution >= 0.6 is 24.0 Å². The molecule has 1 amide bonds. The third-order valence-electron chi connectivity index (χ3n) is 3.95. The van der Waals surface area contributed by atoms with Crippen LogP contribution in [0.5, 0.6) is 11.5 Å². The largest absolute Gasteiger partial charge is 0.493 e. The minimum absolute atomic E-state index is 0.133. The molecule has 4 nitrogen and oxygen atoms in total. The second kappa shape index (κ2) is 8.30. The number of aryl methyl sites for hydroxylation is 1. The predicted molar refractivity (Wildman–Crippen MR) is 114 cm³/mol. The van der Waals surface area contributed by atoms with Crippen molar-refractivity contribution in [3.05, 3.63) is 58.5 Å². The molecule has 0 aliphatic carbocycles. The molecule has 1 aliphatic heterocycles. The van der Waals surface area contributed by atoms with Gasteiger partial charge in [-0.3, -0.25) is 9.69 Å². The number of anilines is 1. The fourth-order valence-corrected chi connectivity index (χ4v) is 3.94. The van der Waals surface area contributed by atoms with Gasteiger partial charge in [0.05, 0.1) is 17.7 Å². The van der Waals surface area contributed by atoms with E-state index in [4.69, 9.17) is 28.1 Å². The summed E-state index contributed by atoms with van der Waals surface area (Å²) in [6.07, 6.45) is 7.02. The zero-order valence-electron chi connectivity index (χ0n) is 14.9. The maximum atomic E-state index is 12.9. The van der Waals surface area contributed by atoms with Crippen LogP contribution in [0.3, 0.4) is 0 Å². The number of hydrogen-bond acceptors (Lipinski definition) is 5. The van der Waals surface area contributed by atoms with Crippen LogP contribution in [0.1, 0.15) is 11.1 Å². The van der Waals surface area contributed by atoms with E-state index in [0.717, 1.165) is 16.8 Å². The molecule has 0 bridgehead atoms. The molecule has 0 unspecified atom stereocenters. The molecule has 6 heteroatoms. The van der Waals surface area contributed by atoms with Crippen molar-refractivity contribution in [1.82, 2.24) is 0 Å². The molecule has 136 valence electrons. The van der Waals surface area contributed by atoms with Crippen molar-refractivity contribution in [2.24, 2.45) is 0 Å². The van der Waals surface area contributed by atoms with Gasteiger partial charge in [-0.2, -0.15) is 0 Å². The molecule has 0 N–H and O–H groups in total. The number of thioether (sulfide) groups is 1. The Bertz CT molecular complexity index is 976. The summed E-state index contributed by atoms with van der Waals surface area (Å²) in [5, 5.41) is 0. The van der Waals surface area contributed by atoms with Gasteiger partial charge in [-0.1, -0.05) is 54.2 Å². The number of benzene rings is 2. The van der Waals surface area contributed by atoms with Crippen molar-refractivity contribution in [3.63, 3.8) is 0 Å². The van der Waals surface area contributed by atoms with Gasteiger partial charge >= 0.3 is 0 Å². The molecule has 2 aromatic rings. The molecule has 1 fully saturated rings. The lowest BCUT2D eigenvalue weighted by Crippen LogP contribution is -2.28. The summed E-state index contributed by atoms with van der Waals surface area (Å²) < 4.78 is 11.3. The van der Waals surface area contributed by atoms with Crippen LogP contribution in [-0.2, 0) is 4.79 Å². The van der Waals surface area contributed by atoms with Crippen LogP contribution in [0, 0.1) is 19.3 Å². The maximum absolute atomic E-state index is 12.9. The SMILES string of the molecule is C#CCOc1ccc(/C=C2\SC(=S)N(c3ccccc3C)C2=O)cc1OC. The summed E-state index contributed by atoms with van der Waals surface area (Å²) in [7, 11) is 1.56. The molecule has 0 spiro atoms. The summed E-state index contributed by atoms with van der Waals surface area (Å²) >= 11 is 6.72. The number of nitrogens with zero attached hydrogens (tertiary/aromatic N) is 1. The first-order valence-corrected chi connectivity index (χ1v) is 9.35. The van der Waals surface area contributed by atoms with Gasteiger partial charge in [-0.15, -0.1) is 6.42 Å². The lowest BCUT2D eigenvalue weighted by Gasteiger charge is -2.16. The van der Waals surface area contributed by atoms with Gasteiger partial charge < -0.3 is 9.47 Å². The van der Waals surface area contributed by atoms with Crippen molar-refractivity contribution in [2.45, 2.75) is 6.92 Å². The summed E-state index contributed by atoms with van der Waals surface area (Å²) in [5.74, 6) is 3.39. The molecule has 1 heterocycles. The van der Waals surface area contributed by atoms with Crippen LogP contribution < -0.4 is 14.4 Å². The van der Waals surface area contributed by atoms with E-state index in [9.17, 15) is 4.79 Å². The molecular weight excluding hydrogens is 378 g/mol. The first kappa shape index (κ1) is 19.0. The van der Waals surface area contributed by atoms with E-state index in [-0.39, 0.29) is 12.5 Å². The van der Waals surface area contributed by atoms with E-state index in [2.05, 4.69) is 5.92 Å². The van der Waals surface area contributed by atoms with Crippen molar-refractivity contribution < 1.29 is 14.3 Å². The fourth-order valence-electron chi connectivity index (χ4n) is 2.65.